The highest BCUT2D eigenvalue weighted by atomic mass is 32.2. The quantitative estimate of drug-likeness (QED) is 0.570. The molecule has 9 heteroatoms. The Kier molecular flexibility index (Phi) is 6.12. The van der Waals surface area contributed by atoms with Gasteiger partial charge < -0.3 is 15.1 Å². The monoisotopic (exact) mass is 391 g/mol. The van der Waals surface area contributed by atoms with Gasteiger partial charge >= 0.3 is 0 Å². The Balaban J connectivity index is 1.47. The van der Waals surface area contributed by atoms with E-state index in [0.717, 1.165) is 11.3 Å². The second-order valence-electron chi connectivity index (χ2n) is 6.43. The van der Waals surface area contributed by atoms with E-state index in [1.807, 2.05) is 31.2 Å². The third-order valence-electron chi connectivity index (χ3n) is 4.37. The van der Waals surface area contributed by atoms with Gasteiger partial charge in [-0.05, 0) is 25.5 Å². The molecule has 0 bridgehead atoms. The topological polar surface area (TPSA) is 99.8 Å². The van der Waals surface area contributed by atoms with Crippen LogP contribution in [0.25, 0.3) is 11.5 Å². The number of hydrogen-bond acceptors (Lipinski definition) is 5. The van der Waals surface area contributed by atoms with Crippen LogP contribution in [0.5, 0.6) is 0 Å². The van der Waals surface area contributed by atoms with E-state index < -0.39 is 10.0 Å². The van der Waals surface area contributed by atoms with Crippen molar-refractivity contribution >= 4 is 16.0 Å². The SMILES string of the molecule is CN=C(NCCN1CCCS1(=O)=O)NCc1coc(-c2ccc(C)cc2)n1. The van der Waals surface area contributed by atoms with Crippen LogP contribution in [0.2, 0.25) is 0 Å². The zero-order valence-corrected chi connectivity index (χ0v) is 16.4. The summed E-state index contributed by atoms with van der Waals surface area (Å²) in [5.41, 5.74) is 2.88. The van der Waals surface area contributed by atoms with Gasteiger partial charge in [0.25, 0.3) is 0 Å². The standard InChI is InChI=1S/C18H25N5O3S/c1-14-4-6-15(7-5-14)17-22-16(13-26-17)12-21-18(19-2)20-8-10-23-9-3-11-27(23,24)25/h4-7,13H,3,8-12H2,1-2H3,(H2,19,20,21). The normalized spacial score (nSPS) is 17.2. The molecule has 1 aliphatic heterocycles. The lowest BCUT2D eigenvalue weighted by atomic mass is 10.1. The average Bonchev–Trinajstić information content (AvgIpc) is 3.25. The Bertz CT molecular complexity index is 890. The minimum Gasteiger partial charge on any atom is -0.444 e. The lowest BCUT2D eigenvalue weighted by Crippen LogP contribution is -2.41. The summed E-state index contributed by atoms with van der Waals surface area (Å²) in [6.07, 6.45) is 2.32. The van der Waals surface area contributed by atoms with Crippen molar-refractivity contribution < 1.29 is 12.8 Å². The third kappa shape index (κ3) is 5.08. The lowest BCUT2D eigenvalue weighted by Gasteiger charge is -2.16. The van der Waals surface area contributed by atoms with Crippen LogP contribution in [0.3, 0.4) is 0 Å². The van der Waals surface area contributed by atoms with Crippen molar-refractivity contribution in [1.82, 2.24) is 19.9 Å². The first kappa shape index (κ1) is 19.4. The maximum absolute atomic E-state index is 11.8. The number of nitrogens with one attached hydrogen (secondary N) is 2. The number of aromatic nitrogens is 1. The van der Waals surface area contributed by atoms with Gasteiger partial charge in [0.1, 0.15) is 6.26 Å². The molecule has 0 unspecified atom stereocenters. The number of aryl methyl sites for hydroxylation is 1. The molecule has 27 heavy (non-hydrogen) atoms. The lowest BCUT2D eigenvalue weighted by molar-refractivity contribution is 0.445. The average molecular weight is 391 g/mol. The van der Waals surface area contributed by atoms with E-state index in [1.54, 1.807) is 13.3 Å². The van der Waals surface area contributed by atoms with Crippen molar-refractivity contribution in [2.75, 3.05) is 32.4 Å². The molecular weight excluding hydrogens is 366 g/mol. The maximum Gasteiger partial charge on any atom is 0.226 e. The summed E-state index contributed by atoms with van der Waals surface area (Å²) in [6.45, 7) is 4.01. The molecule has 1 aliphatic rings. The molecule has 0 spiro atoms. The molecule has 1 fully saturated rings. The van der Waals surface area contributed by atoms with Crippen molar-refractivity contribution in [3.05, 3.63) is 41.8 Å². The number of guanidine groups is 1. The van der Waals surface area contributed by atoms with Crippen molar-refractivity contribution in [3.8, 4) is 11.5 Å². The molecule has 2 N–H and O–H groups in total. The Morgan fingerprint density at radius 2 is 2.07 bits per heavy atom. The highest BCUT2D eigenvalue weighted by molar-refractivity contribution is 7.89. The number of sulfonamides is 1. The van der Waals surface area contributed by atoms with Crippen LogP contribution < -0.4 is 10.6 Å². The van der Waals surface area contributed by atoms with Crippen molar-refractivity contribution in [1.29, 1.82) is 0 Å². The van der Waals surface area contributed by atoms with Crippen LogP contribution in [0.4, 0.5) is 0 Å². The van der Waals surface area contributed by atoms with E-state index in [2.05, 4.69) is 20.6 Å². The molecule has 146 valence electrons. The number of aliphatic imine (C=N–C) groups is 1. The van der Waals surface area contributed by atoms with Gasteiger partial charge in [0, 0.05) is 32.2 Å². The van der Waals surface area contributed by atoms with Crippen molar-refractivity contribution in [2.24, 2.45) is 4.99 Å². The third-order valence-corrected chi connectivity index (χ3v) is 6.32. The highest BCUT2D eigenvalue weighted by Crippen LogP contribution is 2.19. The maximum atomic E-state index is 11.8. The van der Waals surface area contributed by atoms with Crippen LogP contribution in [-0.2, 0) is 16.6 Å². The minimum atomic E-state index is -3.06. The molecule has 0 saturated carbocycles. The summed E-state index contributed by atoms with van der Waals surface area (Å²) in [5, 5.41) is 6.28. The summed E-state index contributed by atoms with van der Waals surface area (Å²) in [5.74, 6) is 1.41. The van der Waals surface area contributed by atoms with Crippen LogP contribution in [-0.4, -0.2) is 56.1 Å². The molecule has 1 aromatic heterocycles. The van der Waals surface area contributed by atoms with Crippen LogP contribution in [0.1, 0.15) is 17.7 Å². The molecule has 0 amide bonds. The molecule has 0 atom stereocenters. The summed E-state index contributed by atoms with van der Waals surface area (Å²) in [4.78, 5) is 8.63. The zero-order valence-electron chi connectivity index (χ0n) is 15.6. The van der Waals surface area contributed by atoms with Gasteiger partial charge in [0.05, 0.1) is 18.0 Å². The number of benzene rings is 1. The molecule has 1 saturated heterocycles. The summed E-state index contributed by atoms with van der Waals surface area (Å²) in [6, 6.07) is 7.99. The number of oxazole rings is 1. The first-order valence-corrected chi connectivity index (χ1v) is 10.5. The van der Waals surface area contributed by atoms with Crippen molar-refractivity contribution in [3.63, 3.8) is 0 Å². The van der Waals surface area contributed by atoms with E-state index in [0.29, 0.717) is 44.5 Å². The molecule has 1 aromatic carbocycles. The molecule has 2 aromatic rings. The fraction of sp³-hybridized carbons (Fsp3) is 0.444. The Morgan fingerprint density at radius 3 is 2.74 bits per heavy atom. The first-order chi connectivity index (χ1) is 13.0. The van der Waals surface area contributed by atoms with Gasteiger partial charge in [-0.1, -0.05) is 17.7 Å². The van der Waals surface area contributed by atoms with Crippen molar-refractivity contribution in [2.45, 2.75) is 19.9 Å². The fourth-order valence-electron chi connectivity index (χ4n) is 2.85. The Labute approximate surface area is 159 Å². The van der Waals surface area contributed by atoms with E-state index in [-0.39, 0.29) is 5.75 Å². The fourth-order valence-corrected chi connectivity index (χ4v) is 4.38. The van der Waals surface area contributed by atoms with Gasteiger partial charge in [0.2, 0.25) is 15.9 Å². The van der Waals surface area contributed by atoms with Gasteiger partial charge in [-0.3, -0.25) is 4.99 Å². The second-order valence-corrected chi connectivity index (χ2v) is 8.52. The number of nitrogens with zero attached hydrogens (tertiary/aromatic N) is 3. The zero-order chi connectivity index (χ0) is 19.3. The molecule has 8 nitrogen and oxygen atoms in total. The molecule has 0 radical (unpaired) electrons. The first-order valence-electron chi connectivity index (χ1n) is 8.92. The van der Waals surface area contributed by atoms with Gasteiger partial charge in [-0.25, -0.2) is 17.7 Å². The predicted octanol–water partition coefficient (Wildman–Crippen LogP) is 1.35. The van der Waals surface area contributed by atoms with E-state index in [1.165, 1.54) is 9.87 Å². The van der Waals surface area contributed by atoms with Crippen LogP contribution in [0.15, 0.2) is 39.9 Å². The molecule has 2 heterocycles. The van der Waals surface area contributed by atoms with E-state index in [4.69, 9.17) is 4.42 Å². The van der Waals surface area contributed by atoms with Crippen LogP contribution >= 0.6 is 0 Å². The summed E-state index contributed by atoms with van der Waals surface area (Å²) < 4.78 is 30.6. The second kappa shape index (κ2) is 8.53. The smallest absolute Gasteiger partial charge is 0.226 e. The summed E-state index contributed by atoms with van der Waals surface area (Å²) in [7, 11) is -1.39. The van der Waals surface area contributed by atoms with E-state index in [9.17, 15) is 8.42 Å². The van der Waals surface area contributed by atoms with Crippen LogP contribution in [0, 0.1) is 6.92 Å². The highest BCUT2D eigenvalue weighted by Gasteiger charge is 2.27. The van der Waals surface area contributed by atoms with E-state index >= 15 is 0 Å². The Morgan fingerprint density at radius 1 is 1.30 bits per heavy atom. The minimum absolute atomic E-state index is 0.245. The molecule has 3 rings (SSSR count). The molecule has 0 aliphatic carbocycles. The largest absolute Gasteiger partial charge is 0.444 e. The Hall–Kier alpha value is -2.39. The van der Waals surface area contributed by atoms with Gasteiger partial charge in [-0.15, -0.1) is 0 Å². The predicted molar refractivity (Wildman–Crippen MR) is 105 cm³/mol. The van der Waals surface area contributed by atoms with Gasteiger partial charge in [-0.2, -0.15) is 0 Å². The van der Waals surface area contributed by atoms with Gasteiger partial charge in [0.15, 0.2) is 5.96 Å². The summed E-state index contributed by atoms with van der Waals surface area (Å²) >= 11 is 0. The molecular formula is C18H25N5O3S. The number of hydrogen-bond donors (Lipinski definition) is 2. The number of rotatable bonds is 6.